The van der Waals surface area contributed by atoms with Crippen molar-refractivity contribution < 1.29 is 9.90 Å². The molecule has 0 saturated heterocycles. The number of aliphatic hydroxyl groups is 1. The monoisotopic (exact) mass is 328 g/mol. The van der Waals surface area contributed by atoms with Crippen LogP contribution in [0.5, 0.6) is 0 Å². The van der Waals surface area contributed by atoms with Crippen LogP contribution in [0.3, 0.4) is 0 Å². The van der Waals surface area contributed by atoms with Gasteiger partial charge in [0.2, 0.25) is 0 Å². The molecule has 0 fully saturated rings. The Balaban J connectivity index is 1.79. The molecule has 1 atom stereocenters. The Morgan fingerprint density at radius 2 is 1.96 bits per heavy atom. The SMILES string of the molecule is C[Si](C)(C/C=C/CC[C@H](O)C1=CCCCC1=O)c1ccccc1. The van der Waals surface area contributed by atoms with E-state index in [9.17, 15) is 9.90 Å². The molecule has 1 aliphatic rings. The van der Waals surface area contributed by atoms with Gasteiger partial charge in [0.05, 0.1) is 14.2 Å². The maximum Gasteiger partial charge on any atom is 0.161 e. The molecule has 3 heteroatoms. The second-order valence-electron chi connectivity index (χ2n) is 6.99. The molecule has 0 spiro atoms. The van der Waals surface area contributed by atoms with Crippen molar-refractivity contribution in [2.24, 2.45) is 0 Å². The standard InChI is InChI=1S/C20H28O2Si/c1-23(2,17-11-5-3-6-12-17)16-10-4-7-14-19(21)18-13-8-9-15-20(18)22/h3-6,10-13,19,21H,7-9,14-16H2,1-2H3/b10-4+/t19-/m0/s1. The Kier molecular flexibility index (Phi) is 6.55. The van der Waals surface area contributed by atoms with Gasteiger partial charge in [0.15, 0.2) is 5.78 Å². The predicted molar refractivity (Wildman–Crippen MR) is 99.7 cm³/mol. The highest BCUT2D eigenvalue weighted by Crippen LogP contribution is 2.20. The number of benzene rings is 1. The molecule has 23 heavy (non-hydrogen) atoms. The predicted octanol–water partition coefficient (Wildman–Crippen LogP) is 3.98. The van der Waals surface area contributed by atoms with Gasteiger partial charge in [-0.1, -0.05) is 66.8 Å². The highest BCUT2D eigenvalue weighted by atomic mass is 28.3. The molecule has 124 valence electrons. The number of rotatable bonds is 7. The average molecular weight is 329 g/mol. The minimum atomic E-state index is -1.41. The molecule has 0 bridgehead atoms. The van der Waals surface area contributed by atoms with E-state index in [4.69, 9.17) is 0 Å². The highest BCUT2D eigenvalue weighted by Gasteiger charge is 2.22. The Morgan fingerprint density at radius 3 is 2.65 bits per heavy atom. The van der Waals surface area contributed by atoms with Crippen molar-refractivity contribution in [3.63, 3.8) is 0 Å². The van der Waals surface area contributed by atoms with Crippen LogP contribution in [0.2, 0.25) is 19.1 Å². The van der Waals surface area contributed by atoms with E-state index < -0.39 is 14.2 Å². The third-order valence-corrected chi connectivity index (χ3v) is 7.76. The minimum Gasteiger partial charge on any atom is -0.388 e. The van der Waals surface area contributed by atoms with Crippen LogP contribution in [0, 0.1) is 0 Å². The fourth-order valence-corrected chi connectivity index (χ4v) is 5.10. The molecule has 0 aliphatic heterocycles. The molecule has 1 N–H and O–H groups in total. The average Bonchev–Trinajstić information content (AvgIpc) is 2.55. The fraction of sp³-hybridized carbons (Fsp3) is 0.450. The lowest BCUT2D eigenvalue weighted by atomic mass is 9.92. The minimum absolute atomic E-state index is 0.130. The summed E-state index contributed by atoms with van der Waals surface area (Å²) >= 11 is 0. The zero-order chi connectivity index (χ0) is 16.7. The van der Waals surface area contributed by atoms with Gasteiger partial charge in [-0.25, -0.2) is 0 Å². The first-order valence-electron chi connectivity index (χ1n) is 8.62. The van der Waals surface area contributed by atoms with E-state index in [-0.39, 0.29) is 5.78 Å². The van der Waals surface area contributed by atoms with Crippen molar-refractivity contribution in [1.82, 2.24) is 0 Å². The zero-order valence-electron chi connectivity index (χ0n) is 14.3. The Morgan fingerprint density at radius 1 is 1.22 bits per heavy atom. The molecule has 2 rings (SSSR count). The van der Waals surface area contributed by atoms with Gasteiger partial charge in [0.1, 0.15) is 0 Å². The summed E-state index contributed by atoms with van der Waals surface area (Å²) in [6.07, 6.45) is 9.65. The van der Waals surface area contributed by atoms with E-state index in [2.05, 4.69) is 55.6 Å². The second-order valence-corrected chi connectivity index (χ2v) is 11.7. The lowest BCUT2D eigenvalue weighted by Crippen LogP contribution is -2.40. The molecule has 0 amide bonds. The van der Waals surface area contributed by atoms with Crippen LogP contribution in [0.4, 0.5) is 0 Å². The third-order valence-electron chi connectivity index (χ3n) is 4.61. The van der Waals surface area contributed by atoms with Crippen molar-refractivity contribution >= 4 is 19.0 Å². The summed E-state index contributed by atoms with van der Waals surface area (Å²) < 4.78 is 0. The van der Waals surface area contributed by atoms with Gasteiger partial charge < -0.3 is 5.11 Å². The van der Waals surface area contributed by atoms with Crippen LogP contribution in [0.25, 0.3) is 0 Å². The lowest BCUT2D eigenvalue weighted by molar-refractivity contribution is -0.117. The maximum absolute atomic E-state index is 11.8. The smallest absolute Gasteiger partial charge is 0.161 e. The number of carbonyl (C=O) groups is 1. The van der Waals surface area contributed by atoms with Crippen LogP contribution in [-0.2, 0) is 4.79 Å². The molecule has 0 radical (unpaired) electrons. The summed E-state index contributed by atoms with van der Waals surface area (Å²) in [7, 11) is -1.41. The number of hydrogen-bond acceptors (Lipinski definition) is 2. The van der Waals surface area contributed by atoms with Gasteiger partial charge in [-0.3, -0.25) is 4.79 Å². The van der Waals surface area contributed by atoms with E-state index in [1.807, 2.05) is 6.08 Å². The van der Waals surface area contributed by atoms with Crippen LogP contribution in [0.1, 0.15) is 32.1 Å². The van der Waals surface area contributed by atoms with Crippen LogP contribution in [-0.4, -0.2) is 25.1 Å². The quantitative estimate of drug-likeness (QED) is 0.607. The summed E-state index contributed by atoms with van der Waals surface area (Å²) in [5, 5.41) is 11.6. The highest BCUT2D eigenvalue weighted by molar-refractivity contribution is 6.90. The summed E-state index contributed by atoms with van der Waals surface area (Å²) in [6.45, 7) is 4.76. The third kappa shape index (κ3) is 5.29. The topological polar surface area (TPSA) is 37.3 Å². The van der Waals surface area contributed by atoms with Crippen molar-refractivity contribution in [2.75, 3.05) is 0 Å². The fourth-order valence-electron chi connectivity index (χ4n) is 3.01. The van der Waals surface area contributed by atoms with E-state index in [1.165, 1.54) is 5.19 Å². The molecule has 2 nitrogen and oxygen atoms in total. The van der Waals surface area contributed by atoms with Crippen LogP contribution in [0.15, 0.2) is 54.1 Å². The summed E-state index contributed by atoms with van der Waals surface area (Å²) in [4.78, 5) is 11.8. The first kappa shape index (κ1) is 17.9. The molecule has 0 heterocycles. The second kappa shape index (κ2) is 8.41. The molecule has 1 aliphatic carbocycles. The lowest BCUT2D eigenvalue weighted by Gasteiger charge is -2.21. The molecular weight excluding hydrogens is 300 g/mol. The zero-order valence-corrected chi connectivity index (χ0v) is 15.3. The van der Waals surface area contributed by atoms with E-state index in [1.54, 1.807) is 0 Å². The Hall–Kier alpha value is -1.45. The van der Waals surface area contributed by atoms with Gasteiger partial charge in [-0.2, -0.15) is 0 Å². The molecular formula is C20H28O2Si. The van der Waals surface area contributed by atoms with Gasteiger partial charge >= 0.3 is 0 Å². The molecule has 1 aromatic carbocycles. The van der Waals surface area contributed by atoms with E-state index in [0.29, 0.717) is 18.4 Å². The summed E-state index contributed by atoms with van der Waals surface area (Å²) in [6, 6.07) is 11.8. The van der Waals surface area contributed by atoms with Gasteiger partial charge in [0.25, 0.3) is 0 Å². The number of aliphatic hydroxyl groups excluding tert-OH is 1. The Bertz CT molecular complexity index is 573. The normalized spacial score (nSPS) is 17.3. The van der Waals surface area contributed by atoms with Gasteiger partial charge in [0, 0.05) is 12.0 Å². The molecule has 0 saturated carbocycles. The van der Waals surface area contributed by atoms with Crippen molar-refractivity contribution in [3.8, 4) is 0 Å². The van der Waals surface area contributed by atoms with Crippen molar-refractivity contribution in [2.45, 2.75) is 57.3 Å². The van der Waals surface area contributed by atoms with Crippen LogP contribution >= 0.6 is 0 Å². The largest absolute Gasteiger partial charge is 0.388 e. The van der Waals surface area contributed by atoms with Crippen molar-refractivity contribution in [1.29, 1.82) is 0 Å². The molecule has 0 unspecified atom stereocenters. The maximum atomic E-state index is 11.8. The first-order chi connectivity index (χ1) is 11.0. The number of allylic oxidation sites excluding steroid dienone is 3. The molecule has 0 aromatic heterocycles. The van der Waals surface area contributed by atoms with E-state index in [0.717, 1.165) is 25.3 Å². The number of carbonyl (C=O) groups excluding carboxylic acids is 1. The van der Waals surface area contributed by atoms with E-state index >= 15 is 0 Å². The Labute approximate surface area is 140 Å². The first-order valence-corrected chi connectivity index (χ1v) is 11.8. The van der Waals surface area contributed by atoms with Gasteiger partial charge in [-0.05, 0) is 31.7 Å². The van der Waals surface area contributed by atoms with Crippen molar-refractivity contribution in [3.05, 3.63) is 54.1 Å². The summed E-state index contributed by atoms with van der Waals surface area (Å²) in [5.41, 5.74) is 0.642. The number of Topliss-reactive ketones (excluding diaryl/α,β-unsaturated/α-hetero) is 1. The van der Waals surface area contributed by atoms with Crippen LogP contribution < -0.4 is 5.19 Å². The summed E-state index contributed by atoms with van der Waals surface area (Å²) in [5.74, 6) is 0.130. The number of hydrogen-bond donors (Lipinski definition) is 1. The number of ketones is 1. The molecule has 1 aromatic rings. The van der Waals surface area contributed by atoms with Gasteiger partial charge in [-0.15, -0.1) is 0 Å².